The first-order chi connectivity index (χ1) is 9.65. The third-order valence-corrected chi connectivity index (χ3v) is 4.36. The van der Waals surface area contributed by atoms with E-state index >= 15 is 0 Å². The van der Waals surface area contributed by atoms with E-state index in [-0.39, 0.29) is 0 Å². The molecular weight excluding hydrogens is 274 g/mol. The Morgan fingerprint density at radius 2 is 2.30 bits per heavy atom. The van der Waals surface area contributed by atoms with Crippen molar-refractivity contribution in [1.82, 2.24) is 25.5 Å². The fourth-order valence-electron chi connectivity index (χ4n) is 2.19. The van der Waals surface area contributed by atoms with Crippen LogP contribution in [-0.4, -0.2) is 51.3 Å². The largest absolute Gasteiger partial charge is 0.374 e. The first-order valence-corrected chi connectivity index (χ1v) is 8.39. The number of ether oxygens (including phenoxy) is 1. The maximum absolute atomic E-state index is 5.81. The van der Waals surface area contributed by atoms with E-state index in [0.29, 0.717) is 18.1 Å². The van der Waals surface area contributed by atoms with Crippen LogP contribution in [0.1, 0.15) is 33.6 Å². The zero-order valence-electron chi connectivity index (χ0n) is 12.6. The molecule has 20 heavy (non-hydrogen) atoms. The zero-order chi connectivity index (χ0) is 14.4. The number of hydrogen-bond donors (Lipinski definition) is 1. The van der Waals surface area contributed by atoms with E-state index in [1.54, 1.807) is 11.8 Å². The molecule has 6 nitrogen and oxygen atoms in total. The monoisotopic (exact) mass is 299 g/mol. The second-order valence-corrected chi connectivity index (χ2v) is 6.73. The molecule has 114 valence electrons. The van der Waals surface area contributed by atoms with E-state index < -0.39 is 0 Å². The number of tetrazole rings is 1. The molecule has 1 N–H and O–H groups in total. The summed E-state index contributed by atoms with van der Waals surface area (Å²) in [5.74, 6) is 1.60. The number of nitrogens with one attached hydrogen (secondary N) is 1. The Kier molecular flexibility index (Phi) is 6.25. The molecule has 0 aliphatic carbocycles. The van der Waals surface area contributed by atoms with Gasteiger partial charge >= 0.3 is 0 Å². The van der Waals surface area contributed by atoms with Gasteiger partial charge in [0.05, 0.1) is 18.8 Å². The van der Waals surface area contributed by atoms with Crippen molar-refractivity contribution < 1.29 is 4.74 Å². The predicted octanol–water partition coefficient (Wildman–Crippen LogP) is 1.58. The van der Waals surface area contributed by atoms with E-state index in [1.165, 1.54) is 0 Å². The van der Waals surface area contributed by atoms with Crippen molar-refractivity contribution in [3.63, 3.8) is 0 Å². The molecule has 1 aromatic rings. The van der Waals surface area contributed by atoms with Crippen LogP contribution >= 0.6 is 11.8 Å². The van der Waals surface area contributed by atoms with E-state index in [9.17, 15) is 0 Å². The van der Waals surface area contributed by atoms with Crippen LogP contribution in [0.2, 0.25) is 0 Å². The van der Waals surface area contributed by atoms with Crippen molar-refractivity contribution in [3.8, 4) is 0 Å². The number of nitrogens with zero attached hydrogens (tertiary/aromatic N) is 4. The van der Waals surface area contributed by atoms with Gasteiger partial charge in [-0.05, 0) is 42.7 Å². The second kappa shape index (κ2) is 7.95. The Hall–Kier alpha value is -0.660. The summed E-state index contributed by atoms with van der Waals surface area (Å²) in [5, 5.41) is 16.2. The normalized spacial score (nSPS) is 22.8. The third kappa shape index (κ3) is 5.03. The smallest absolute Gasteiger partial charge is 0.209 e. The Bertz CT molecular complexity index is 398. The van der Waals surface area contributed by atoms with Gasteiger partial charge in [-0.25, -0.2) is 4.68 Å². The molecule has 1 aromatic heterocycles. The fraction of sp³-hybridized carbons (Fsp3) is 0.923. The van der Waals surface area contributed by atoms with Crippen LogP contribution in [0, 0.1) is 5.92 Å². The molecule has 1 fully saturated rings. The first-order valence-electron chi connectivity index (χ1n) is 7.40. The van der Waals surface area contributed by atoms with E-state index in [4.69, 9.17) is 4.74 Å². The summed E-state index contributed by atoms with van der Waals surface area (Å²) >= 11 is 1.69. The van der Waals surface area contributed by atoms with Crippen molar-refractivity contribution in [2.24, 2.45) is 5.92 Å². The summed E-state index contributed by atoms with van der Waals surface area (Å²) in [6, 6.07) is 0. The summed E-state index contributed by atoms with van der Waals surface area (Å²) in [5.41, 5.74) is 0. The number of rotatable bonds is 8. The van der Waals surface area contributed by atoms with Crippen LogP contribution < -0.4 is 5.32 Å². The quantitative estimate of drug-likeness (QED) is 0.581. The Morgan fingerprint density at radius 1 is 1.45 bits per heavy atom. The zero-order valence-corrected chi connectivity index (χ0v) is 13.4. The lowest BCUT2D eigenvalue weighted by molar-refractivity contribution is 0.0699. The van der Waals surface area contributed by atoms with E-state index in [0.717, 1.165) is 43.4 Å². The number of thioether (sulfide) groups is 1. The minimum atomic E-state index is 0.346. The van der Waals surface area contributed by atoms with Crippen molar-refractivity contribution in [2.45, 2.75) is 57.5 Å². The van der Waals surface area contributed by atoms with Gasteiger partial charge in [0.1, 0.15) is 0 Å². The minimum Gasteiger partial charge on any atom is -0.374 e. The molecule has 2 atom stereocenters. The molecule has 2 unspecified atom stereocenters. The van der Waals surface area contributed by atoms with Crippen molar-refractivity contribution in [3.05, 3.63) is 0 Å². The van der Waals surface area contributed by atoms with E-state index in [1.807, 2.05) is 4.68 Å². The SMILES string of the molecule is CC(C)CNCCn1nnnc1SCC1CCC(C)O1. The molecule has 2 heterocycles. The Labute approximate surface area is 125 Å². The maximum atomic E-state index is 5.81. The molecule has 0 spiro atoms. The van der Waals surface area contributed by atoms with Crippen LogP contribution in [0.15, 0.2) is 5.16 Å². The fourth-order valence-corrected chi connectivity index (χ4v) is 3.14. The van der Waals surface area contributed by atoms with Gasteiger partial charge in [0.2, 0.25) is 5.16 Å². The highest BCUT2D eigenvalue weighted by Gasteiger charge is 2.22. The first kappa shape index (κ1) is 15.7. The van der Waals surface area contributed by atoms with Gasteiger partial charge in [0, 0.05) is 12.3 Å². The maximum Gasteiger partial charge on any atom is 0.209 e. The Morgan fingerprint density at radius 3 is 3.00 bits per heavy atom. The molecule has 7 heteroatoms. The molecular formula is C13H25N5OS. The predicted molar refractivity (Wildman–Crippen MR) is 79.8 cm³/mol. The molecule has 0 amide bonds. The van der Waals surface area contributed by atoms with Gasteiger partial charge in [-0.3, -0.25) is 0 Å². The highest BCUT2D eigenvalue weighted by Crippen LogP contribution is 2.25. The van der Waals surface area contributed by atoms with Crippen LogP contribution in [0.5, 0.6) is 0 Å². The number of hydrogen-bond acceptors (Lipinski definition) is 6. The molecule has 1 aliphatic rings. The van der Waals surface area contributed by atoms with Crippen LogP contribution in [-0.2, 0) is 11.3 Å². The molecule has 0 saturated carbocycles. The summed E-state index contributed by atoms with van der Waals surface area (Å²) in [4.78, 5) is 0. The lowest BCUT2D eigenvalue weighted by atomic mass is 10.2. The highest BCUT2D eigenvalue weighted by molar-refractivity contribution is 7.99. The summed E-state index contributed by atoms with van der Waals surface area (Å²) in [7, 11) is 0. The van der Waals surface area contributed by atoms with Gasteiger partial charge in [-0.2, -0.15) is 0 Å². The van der Waals surface area contributed by atoms with E-state index in [2.05, 4.69) is 41.6 Å². The summed E-state index contributed by atoms with van der Waals surface area (Å²) in [6.45, 7) is 9.27. The minimum absolute atomic E-state index is 0.346. The second-order valence-electron chi connectivity index (χ2n) is 5.74. The topological polar surface area (TPSA) is 64.9 Å². The Balaban J connectivity index is 1.71. The number of aromatic nitrogens is 4. The highest BCUT2D eigenvalue weighted by atomic mass is 32.2. The van der Waals surface area contributed by atoms with Crippen LogP contribution in [0.3, 0.4) is 0 Å². The van der Waals surface area contributed by atoms with Crippen molar-refractivity contribution in [2.75, 3.05) is 18.8 Å². The molecule has 0 radical (unpaired) electrons. The van der Waals surface area contributed by atoms with Crippen molar-refractivity contribution in [1.29, 1.82) is 0 Å². The third-order valence-electron chi connectivity index (χ3n) is 3.27. The van der Waals surface area contributed by atoms with Gasteiger partial charge in [0.25, 0.3) is 0 Å². The van der Waals surface area contributed by atoms with Gasteiger partial charge in [0.15, 0.2) is 0 Å². The lowest BCUT2D eigenvalue weighted by Gasteiger charge is -2.11. The van der Waals surface area contributed by atoms with Crippen molar-refractivity contribution >= 4 is 11.8 Å². The lowest BCUT2D eigenvalue weighted by Crippen LogP contribution is -2.24. The van der Waals surface area contributed by atoms with Crippen LogP contribution in [0.25, 0.3) is 0 Å². The molecule has 1 aliphatic heterocycles. The molecule has 0 bridgehead atoms. The average molecular weight is 299 g/mol. The molecule has 0 aromatic carbocycles. The van der Waals surface area contributed by atoms with Gasteiger partial charge in [-0.15, -0.1) is 5.10 Å². The molecule has 2 rings (SSSR count). The standard InChI is InChI=1S/C13H25N5OS/c1-10(2)8-14-6-7-18-13(15-16-17-18)20-9-12-5-4-11(3)19-12/h10-12,14H,4-9H2,1-3H3. The summed E-state index contributed by atoms with van der Waals surface area (Å²) in [6.07, 6.45) is 3.05. The van der Waals surface area contributed by atoms with Gasteiger partial charge < -0.3 is 10.1 Å². The van der Waals surface area contributed by atoms with Crippen LogP contribution in [0.4, 0.5) is 0 Å². The van der Waals surface area contributed by atoms with Gasteiger partial charge in [-0.1, -0.05) is 25.6 Å². The summed E-state index contributed by atoms with van der Waals surface area (Å²) < 4.78 is 7.68. The average Bonchev–Trinajstić information content (AvgIpc) is 3.01. The molecule has 1 saturated heterocycles.